The van der Waals surface area contributed by atoms with Crippen LogP contribution in [0.2, 0.25) is 0 Å². The molecule has 2 unspecified atom stereocenters. The molecular formula is C17H15F3N2O. The Hall–Kier alpha value is -2.37. The first-order chi connectivity index (χ1) is 11.0. The molecule has 0 bridgehead atoms. The largest absolute Gasteiger partial charge is 0.416 e. The van der Waals surface area contributed by atoms with Crippen molar-refractivity contribution in [2.24, 2.45) is 5.92 Å². The molecule has 120 valence electrons. The quantitative estimate of drug-likeness (QED) is 0.936. The van der Waals surface area contributed by atoms with E-state index in [0.717, 1.165) is 11.6 Å². The van der Waals surface area contributed by atoms with E-state index in [1.165, 1.54) is 12.1 Å². The van der Waals surface area contributed by atoms with Crippen molar-refractivity contribution in [1.82, 2.24) is 10.3 Å². The Bertz CT molecular complexity index is 700. The van der Waals surface area contributed by atoms with Gasteiger partial charge in [0.15, 0.2) is 0 Å². The van der Waals surface area contributed by atoms with Crippen LogP contribution in [-0.4, -0.2) is 10.9 Å². The number of aromatic nitrogens is 1. The molecule has 1 aromatic carbocycles. The number of carbonyl (C=O) groups is 1. The Kier molecular flexibility index (Phi) is 4.07. The van der Waals surface area contributed by atoms with Crippen molar-refractivity contribution < 1.29 is 18.0 Å². The highest BCUT2D eigenvalue weighted by Crippen LogP contribution is 2.51. The zero-order valence-corrected chi connectivity index (χ0v) is 12.2. The highest BCUT2D eigenvalue weighted by Gasteiger charge is 2.47. The Morgan fingerprint density at radius 1 is 1.22 bits per heavy atom. The molecular weight excluding hydrogens is 305 g/mol. The molecule has 23 heavy (non-hydrogen) atoms. The zero-order valence-electron chi connectivity index (χ0n) is 12.2. The Balaban J connectivity index is 1.65. The molecule has 1 heterocycles. The van der Waals surface area contributed by atoms with Crippen LogP contribution in [-0.2, 0) is 17.5 Å². The summed E-state index contributed by atoms with van der Waals surface area (Å²) in [7, 11) is 0. The normalized spacial score (nSPS) is 20.1. The summed E-state index contributed by atoms with van der Waals surface area (Å²) in [5.74, 6) is -0.965. The average molecular weight is 320 g/mol. The lowest BCUT2D eigenvalue weighted by Crippen LogP contribution is -2.25. The fourth-order valence-corrected chi connectivity index (χ4v) is 2.73. The topological polar surface area (TPSA) is 42.0 Å². The van der Waals surface area contributed by atoms with E-state index in [0.29, 0.717) is 13.0 Å². The summed E-state index contributed by atoms with van der Waals surface area (Å²) in [6.07, 6.45) is -0.665. The van der Waals surface area contributed by atoms with Gasteiger partial charge in [-0.1, -0.05) is 24.3 Å². The van der Waals surface area contributed by atoms with E-state index < -0.39 is 17.7 Å². The molecule has 0 saturated heterocycles. The van der Waals surface area contributed by atoms with Crippen LogP contribution in [0.15, 0.2) is 48.8 Å². The van der Waals surface area contributed by atoms with E-state index in [1.807, 2.05) is 6.07 Å². The zero-order chi connectivity index (χ0) is 16.4. The number of pyridine rings is 1. The Morgan fingerprint density at radius 2 is 2.00 bits per heavy atom. The third-order valence-corrected chi connectivity index (χ3v) is 3.98. The molecule has 1 N–H and O–H groups in total. The molecule has 2 aromatic rings. The number of hydrogen-bond acceptors (Lipinski definition) is 2. The van der Waals surface area contributed by atoms with Crippen LogP contribution in [0.1, 0.15) is 29.0 Å². The number of halogens is 3. The number of rotatable bonds is 4. The summed E-state index contributed by atoms with van der Waals surface area (Å²) in [4.78, 5) is 16.1. The van der Waals surface area contributed by atoms with E-state index >= 15 is 0 Å². The lowest BCUT2D eigenvalue weighted by atomic mass is 10.0. The maximum atomic E-state index is 13.0. The van der Waals surface area contributed by atoms with Gasteiger partial charge in [-0.15, -0.1) is 0 Å². The molecule has 1 aliphatic rings. The molecule has 3 nitrogen and oxygen atoms in total. The van der Waals surface area contributed by atoms with Gasteiger partial charge in [-0.3, -0.25) is 9.78 Å². The lowest BCUT2D eigenvalue weighted by molar-refractivity contribution is -0.138. The van der Waals surface area contributed by atoms with E-state index in [4.69, 9.17) is 0 Å². The van der Waals surface area contributed by atoms with Crippen LogP contribution >= 0.6 is 0 Å². The van der Waals surface area contributed by atoms with Gasteiger partial charge in [0.25, 0.3) is 0 Å². The minimum absolute atomic E-state index is 0.210. The summed E-state index contributed by atoms with van der Waals surface area (Å²) in [6, 6.07) is 9.07. The van der Waals surface area contributed by atoms with Crippen LogP contribution in [0.3, 0.4) is 0 Å². The van der Waals surface area contributed by atoms with Gasteiger partial charge in [0.05, 0.1) is 5.56 Å². The monoisotopic (exact) mass is 320 g/mol. The molecule has 0 radical (unpaired) electrons. The average Bonchev–Trinajstić information content (AvgIpc) is 3.33. The van der Waals surface area contributed by atoms with Crippen molar-refractivity contribution in [3.63, 3.8) is 0 Å². The maximum Gasteiger partial charge on any atom is 0.416 e. The maximum absolute atomic E-state index is 13.0. The minimum atomic E-state index is -4.39. The molecule has 0 aliphatic heterocycles. The molecule has 0 spiro atoms. The van der Waals surface area contributed by atoms with Crippen LogP contribution < -0.4 is 5.32 Å². The van der Waals surface area contributed by atoms with E-state index in [9.17, 15) is 18.0 Å². The molecule has 1 saturated carbocycles. The first-order valence-corrected chi connectivity index (χ1v) is 7.29. The first kappa shape index (κ1) is 15.5. The second-order valence-electron chi connectivity index (χ2n) is 5.61. The third-order valence-electron chi connectivity index (χ3n) is 3.98. The van der Waals surface area contributed by atoms with Gasteiger partial charge in [-0.25, -0.2) is 0 Å². The number of alkyl halides is 3. The summed E-state index contributed by atoms with van der Waals surface area (Å²) < 4.78 is 39.1. The molecule has 2 atom stereocenters. The van der Waals surface area contributed by atoms with Crippen LogP contribution in [0.4, 0.5) is 13.2 Å². The van der Waals surface area contributed by atoms with Gasteiger partial charge in [-0.2, -0.15) is 13.2 Å². The van der Waals surface area contributed by atoms with E-state index in [-0.39, 0.29) is 17.4 Å². The number of nitrogens with zero attached hydrogens (tertiary/aromatic N) is 1. The molecule has 3 rings (SSSR count). The van der Waals surface area contributed by atoms with Gasteiger partial charge in [-0.05, 0) is 35.6 Å². The summed E-state index contributed by atoms with van der Waals surface area (Å²) in [5, 5.41) is 2.76. The third kappa shape index (κ3) is 3.52. The molecule has 1 fully saturated rings. The number of hydrogen-bond donors (Lipinski definition) is 1. The summed E-state index contributed by atoms with van der Waals surface area (Å²) in [5.41, 5.74) is 0.419. The fraction of sp³-hybridized carbons (Fsp3) is 0.294. The van der Waals surface area contributed by atoms with Crippen molar-refractivity contribution >= 4 is 5.91 Å². The van der Waals surface area contributed by atoms with Crippen molar-refractivity contribution in [1.29, 1.82) is 0 Å². The second-order valence-corrected chi connectivity index (χ2v) is 5.61. The molecule has 1 amide bonds. The summed E-state index contributed by atoms with van der Waals surface area (Å²) in [6.45, 7) is 0.330. The van der Waals surface area contributed by atoms with Crippen molar-refractivity contribution in [2.75, 3.05) is 0 Å². The number of carbonyl (C=O) groups excluding carboxylic acids is 1. The highest BCUT2D eigenvalue weighted by atomic mass is 19.4. The SMILES string of the molecule is O=C(NCc1cccnc1)C1CC1c1ccccc1C(F)(F)F. The van der Waals surface area contributed by atoms with Gasteiger partial charge in [0, 0.05) is 24.9 Å². The standard InChI is InChI=1S/C17H15F3N2O/c18-17(19,20)15-6-2-1-5-12(15)13-8-14(13)16(23)22-10-11-4-3-7-21-9-11/h1-7,9,13-14H,8,10H2,(H,22,23). The predicted octanol–water partition coefficient (Wildman–Crippen LogP) is 3.52. The Morgan fingerprint density at radius 3 is 2.70 bits per heavy atom. The highest BCUT2D eigenvalue weighted by molar-refractivity contribution is 5.83. The van der Waals surface area contributed by atoms with Gasteiger partial charge >= 0.3 is 6.18 Å². The van der Waals surface area contributed by atoms with Crippen molar-refractivity contribution in [3.8, 4) is 0 Å². The van der Waals surface area contributed by atoms with Gasteiger partial charge in [0.2, 0.25) is 5.91 Å². The number of amides is 1. The molecule has 1 aromatic heterocycles. The molecule has 1 aliphatic carbocycles. The van der Waals surface area contributed by atoms with Crippen LogP contribution in [0, 0.1) is 5.92 Å². The first-order valence-electron chi connectivity index (χ1n) is 7.29. The number of benzene rings is 1. The van der Waals surface area contributed by atoms with E-state index in [2.05, 4.69) is 10.3 Å². The van der Waals surface area contributed by atoms with Crippen molar-refractivity contribution in [3.05, 3.63) is 65.5 Å². The lowest BCUT2D eigenvalue weighted by Gasteiger charge is -2.12. The van der Waals surface area contributed by atoms with Crippen molar-refractivity contribution in [2.45, 2.75) is 25.1 Å². The van der Waals surface area contributed by atoms with Gasteiger partial charge < -0.3 is 5.32 Å². The number of nitrogens with one attached hydrogen (secondary N) is 1. The minimum Gasteiger partial charge on any atom is -0.352 e. The van der Waals surface area contributed by atoms with Crippen LogP contribution in [0.25, 0.3) is 0 Å². The molecule has 6 heteroatoms. The Labute approximate surface area is 131 Å². The van der Waals surface area contributed by atoms with E-state index in [1.54, 1.807) is 24.5 Å². The smallest absolute Gasteiger partial charge is 0.352 e. The predicted molar refractivity (Wildman–Crippen MR) is 78.4 cm³/mol. The van der Waals surface area contributed by atoms with Gasteiger partial charge in [0.1, 0.15) is 0 Å². The fourth-order valence-electron chi connectivity index (χ4n) is 2.73. The summed E-state index contributed by atoms with van der Waals surface area (Å²) >= 11 is 0. The second kappa shape index (κ2) is 6.02. The van der Waals surface area contributed by atoms with Crippen LogP contribution in [0.5, 0.6) is 0 Å².